The van der Waals surface area contributed by atoms with Crippen molar-refractivity contribution in [3.8, 4) is 0 Å². The number of carbonyl (C=O) groups is 1. The van der Waals surface area contributed by atoms with Crippen molar-refractivity contribution in [2.75, 3.05) is 44.0 Å². The number of benzene rings is 2. The third kappa shape index (κ3) is 3.63. The number of piperidine rings is 1. The largest absolute Gasteiger partial charge is 0.383 e. The second-order valence-corrected chi connectivity index (χ2v) is 8.07. The highest BCUT2D eigenvalue weighted by molar-refractivity contribution is 6.10. The van der Waals surface area contributed by atoms with Crippen molar-refractivity contribution in [1.82, 2.24) is 14.9 Å². The van der Waals surface area contributed by atoms with Gasteiger partial charge in [0.15, 0.2) is 0 Å². The average molecular weight is 419 g/mol. The van der Waals surface area contributed by atoms with Crippen molar-refractivity contribution in [1.29, 1.82) is 0 Å². The second-order valence-electron chi connectivity index (χ2n) is 8.07. The molecule has 1 unspecified atom stereocenters. The van der Waals surface area contributed by atoms with Crippen LogP contribution >= 0.6 is 0 Å². The minimum Gasteiger partial charge on any atom is -0.383 e. The lowest BCUT2D eigenvalue weighted by molar-refractivity contribution is 0.0694. The maximum Gasteiger partial charge on any atom is 0.254 e. The molecule has 0 radical (unpaired) electrons. The monoisotopic (exact) mass is 418 g/mol. The summed E-state index contributed by atoms with van der Waals surface area (Å²) < 4.78 is 5.20. The van der Waals surface area contributed by atoms with E-state index in [2.05, 4.69) is 26.7 Å². The molecule has 8 heteroatoms. The number of likely N-dealkylation sites (tertiary alicyclic amines) is 1. The van der Waals surface area contributed by atoms with Crippen LogP contribution in [0.3, 0.4) is 0 Å². The highest BCUT2D eigenvalue weighted by atomic mass is 16.5. The Morgan fingerprint density at radius 2 is 2.13 bits per heavy atom. The molecule has 1 spiro atoms. The van der Waals surface area contributed by atoms with E-state index in [4.69, 9.17) is 9.73 Å². The van der Waals surface area contributed by atoms with Crippen LogP contribution in [0.2, 0.25) is 0 Å². The van der Waals surface area contributed by atoms with Gasteiger partial charge in [0.05, 0.1) is 48.4 Å². The molecule has 160 valence electrons. The first kappa shape index (κ1) is 19.6. The lowest BCUT2D eigenvalue weighted by atomic mass is 9.85. The number of H-pyrrole nitrogens is 1. The molecule has 1 aromatic heterocycles. The van der Waals surface area contributed by atoms with Crippen molar-refractivity contribution in [2.24, 2.45) is 4.99 Å². The topological polar surface area (TPSA) is 94.6 Å². The number of fused-ring (bicyclic) bond motifs is 2. The Labute approximate surface area is 180 Å². The predicted molar refractivity (Wildman–Crippen MR) is 122 cm³/mol. The van der Waals surface area contributed by atoms with Crippen LogP contribution in [0.4, 0.5) is 11.4 Å². The van der Waals surface area contributed by atoms with Gasteiger partial charge >= 0.3 is 0 Å². The number of nitrogens with zero attached hydrogens (tertiary/aromatic N) is 3. The quantitative estimate of drug-likeness (QED) is 0.566. The van der Waals surface area contributed by atoms with Gasteiger partial charge in [-0.3, -0.25) is 9.79 Å². The molecule has 2 aliphatic heterocycles. The van der Waals surface area contributed by atoms with Gasteiger partial charge in [-0.1, -0.05) is 12.1 Å². The van der Waals surface area contributed by atoms with E-state index < -0.39 is 5.54 Å². The number of para-hydroxylation sites is 2. The number of amides is 1. The fraction of sp³-hybridized carbons (Fsp3) is 0.348. The molecule has 3 heterocycles. The minimum atomic E-state index is -0.450. The Morgan fingerprint density at radius 3 is 3.00 bits per heavy atom. The van der Waals surface area contributed by atoms with E-state index >= 15 is 0 Å². The van der Waals surface area contributed by atoms with E-state index in [9.17, 15) is 4.79 Å². The Balaban J connectivity index is 1.45. The molecule has 1 fully saturated rings. The number of rotatable bonds is 4. The van der Waals surface area contributed by atoms with Gasteiger partial charge in [-0.2, -0.15) is 0 Å². The van der Waals surface area contributed by atoms with E-state index in [1.807, 2.05) is 41.3 Å². The Morgan fingerprint density at radius 1 is 1.26 bits per heavy atom. The molecule has 2 aromatic carbocycles. The fourth-order valence-electron chi connectivity index (χ4n) is 4.48. The first-order valence-electron chi connectivity index (χ1n) is 10.6. The molecule has 1 atom stereocenters. The van der Waals surface area contributed by atoms with Crippen molar-refractivity contribution in [3.63, 3.8) is 0 Å². The molecule has 1 saturated heterocycles. The van der Waals surface area contributed by atoms with Crippen LogP contribution in [-0.2, 0) is 4.74 Å². The van der Waals surface area contributed by atoms with E-state index in [1.165, 1.54) is 0 Å². The van der Waals surface area contributed by atoms with Crippen LogP contribution < -0.4 is 10.6 Å². The van der Waals surface area contributed by atoms with E-state index in [0.29, 0.717) is 25.3 Å². The molecule has 3 N–H and O–H groups in total. The van der Waals surface area contributed by atoms with E-state index in [-0.39, 0.29) is 5.91 Å². The third-order valence-corrected chi connectivity index (χ3v) is 6.02. The van der Waals surface area contributed by atoms with Gasteiger partial charge in [-0.25, -0.2) is 4.98 Å². The molecule has 2 aliphatic rings. The number of carbonyl (C=O) groups excluding carboxylic acids is 1. The Bertz CT molecular complexity index is 1140. The number of aliphatic imine (C=N–C) groups is 1. The van der Waals surface area contributed by atoms with Gasteiger partial charge < -0.3 is 25.3 Å². The molecule has 0 aliphatic carbocycles. The number of ether oxygens (including phenoxy) is 1. The summed E-state index contributed by atoms with van der Waals surface area (Å²) in [6.07, 6.45) is 3.42. The molecule has 0 bridgehead atoms. The zero-order chi connectivity index (χ0) is 21.3. The van der Waals surface area contributed by atoms with Crippen molar-refractivity contribution >= 4 is 34.2 Å². The minimum absolute atomic E-state index is 0.0208. The molecule has 1 amide bonds. The number of methoxy groups -OCH3 is 1. The van der Waals surface area contributed by atoms with Crippen molar-refractivity contribution in [3.05, 3.63) is 54.4 Å². The van der Waals surface area contributed by atoms with E-state index in [1.54, 1.807) is 13.4 Å². The normalized spacial score (nSPS) is 21.7. The predicted octanol–water partition coefficient (Wildman–Crippen LogP) is 3.12. The molecule has 5 rings (SSSR count). The van der Waals surface area contributed by atoms with Gasteiger partial charge in [0, 0.05) is 19.2 Å². The van der Waals surface area contributed by atoms with Crippen molar-refractivity contribution < 1.29 is 9.53 Å². The number of nitrogens with one attached hydrogen (secondary N) is 3. The smallest absolute Gasteiger partial charge is 0.254 e. The molecule has 31 heavy (non-hydrogen) atoms. The summed E-state index contributed by atoms with van der Waals surface area (Å²) in [6.45, 7) is 2.38. The summed E-state index contributed by atoms with van der Waals surface area (Å²) in [5.41, 5.74) is 3.96. The molecule has 3 aromatic rings. The number of hydrogen-bond acceptors (Lipinski definition) is 5. The number of amidine groups is 1. The zero-order valence-corrected chi connectivity index (χ0v) is 17.5. The van der Waals surface area contributed by atoms with Crippen LogP contribution in [0, 0.1) is 0 Å². The lowest BCUT2D eigenvalue weighted by Gasteiger charge is -2.47. The molecular formula is C23H26N6O2. The first-order chi connectivity index (χ1) is 15.2. The van der Waals surface area contributed by atoms with Gasteiger partial charge in [-0.15, -0.1) is 0 Å². The Kier molecular flexibility index (Phi) is 5.07. The van der Waals surface area contributed by atoms with Crippen LogP contribution in [0.25, 0.3) is 11.0 Å². The van der Waals surface area contributed by atoms with Gasteiger partial charge in [0.1, 0.15) is 11.4 Å². The number of imidazole rings is 1. The van der Waals surface area contributed by atoms with Gasteiger partial charge in [0.25, 0.3) is 5.91 Å². The first-order valence-corrected chi connectivity index (χ1v) is 10.6. The summed E-state index contributed by atoms with van der Waals surface area (Å²) in [4.78, 5) is 27.5. The maximum absolute atomic E-state index is 13.4. The summed E-state index contributed by atoms with van der Waals surface area (Å²) in [6, 6.07) is 13.7. The summed E-state index contributed by atoms with van der Waals surface area (Å²) >= 11 is 0. The van der Waals surface area contributed by atoms with Crippen LogP contribution in [0.15, 0.2) is 53.8 Å². The van der Waals surface area contributed by atoms with Crippen LogP contribution in [0.5, 0.6) is 0 Å². The molecule has 8 nitrogen and oxygen atoms in total. The van der Waals surface area contributed by atoms with Crippen LogP contribution in [-0.4, -0.2) is 65.5 Å². The molecular weight excluding hydrogens is 392 g/mol. The highest BCUT2D eigenvalue weighted by Crippen LogP contribution is 2.36. The van der Waals surface area contributed by atoms with Gasteiger partial charge in [-0.05, 0) is 43.2 Å². The highest BCUT2D eigenvalue weighted by Gasteiger charge is 2.44. The average Bonchev–Trinajstić information content (AvgIpc) is 3.27. The number of aromatic amines is 1. The third-order valence-electron chi connectivity index (χ3n) is 6.02. The van der Waals surface area contributed by atoms with Crippen molar-refractivity contribution in [2.45, 2.75) is 18.4 Å². The lowest BCUT2D eigenvalue weighted by Crippen LogP contribution is -2.62. The SMILES string of the molecule is COCCN=C1Nc2ccccc2NC12CCCN(C(=O)c1ccc3nc[nH]c3c1)C2. The summed E-state index contributed by atoms with van der Waals surface area (Å²) in [5, 5.41) is 7.22. The number of anilines is 2. The summed E-state index contributed by atoms with van der Waals surface area (Å²) in [5.74, 6) is 0.886. The maximum atomic E-state index is 13.4. The summed E-state index contributed by atoms with van der Waals surface area (Å²) in [7, 11) is 1.68. The Hall–Kier alpha value is -3.39. The standard InChI is InChI=1S/C23H26N6O2/c1-31-12-10-24-22-23(28-19-6-3-2-5-18(19)27-22)9-4-11-29(14-23)21(30)16-7-8-17-20(13-16)26-15-25-17/h2-3,5-8,13,15,28H,4,9-12,14H2,1H3,(H,24,27)(H,25,26). The van der Waals surface area contributed by atoms with Crippen LogP contribution in [0.1, 0.15) is 23.2 Å². The number of aromatic nitrogens is 2. The van der Waals surface area contributed by atoms with E-state index in [0.717, 1.165) is 47.6 Å². The van der Waals surface area contributed by atoms with Gasteiger partial charge in [0.2, 0.25) is 0 Å². The molecule has 0 saturated carbocycles. The zero-order valence-electron chi connectivity index (χ0n) is 17.5. The second kappa shape index (κ2) is 8.03. The number of hydrogen-bond donors (Lipinski definition) is 3. The fourth-order valence-corrected chi connectivity index (χ4v) is 4.48.